The maximum atomic E-state index is 12.1. The summed E-state index contributed by atoms with van der Waals surface area (Å²) in [5, 5.41) is 3.68. The average molecular weight is 359 g/mol. The summed E-state index contributed by atoms with van der Waals surface area (Å²) >= 11 is 12.1. The molecule has 0 spiro atoms. The quantitative estimate of drug-likeness (QED) is 0.676. The van der Waals surface area contributed by atoms with E-state index in [1.807, 2.05) is 0 Å². The van der Waals surface area contributed by atoms with Crippen LogP contribution in [0.1, 0.15) is 10.5 Å². The van der Waals surface area contributed by atoms with Crippen molar-refractivity contribution >= 4 is 34.8 Å². The number of benzene rings is 2. The fraction of sp³-hybridized carbons (Fsp3) is 0. The summed E-state index contributed by atoms with van der Waals surface area (Å²) in [4.78, 5) is 16.1. The number of amides is 1. The van der Waals surface area contributed by atoms with Gasteiger partial charge >= 0.3 is 0 Å². The van der Waals surface area contributed by atoms with Crippen LogP contribution >= 0.6 is 23.2 Å². The molecule has 1 amide bonds. The number of hydrogen-bond donors (Lipinski definition) is 1. The normalized spacial score (nSPS) is 10.2. The standard InChI is InChI=1S/C18H12Cl2N2O2/c19-12-4-3-5-14(10-12)24-17-8-7-13(11-15(17)20)22-18(23)16-6-1-2-9-21-16/h1-11H,(H,22,23). The van der Waals surface area contributed by atoms with Crippen LogP contribution in [0.2, 0.25) is 10.0 Å². The maximum absolute atomic E-state index is 12.1. The Hall–Kier alpha value is -2.56. The number of anilines is 1. The summed E-state index contributed by atoms with van der Waals surface area (Å²) in [5.41, 5.74) is 0.877. The van der Waals surface area contributed by atoms with Crippen LogP contribution in [0.3, 0.4) is 0 Å². The molecule has 2 aromatic carbocycles. The van der Waals surface area contributed by atoms with E-state index in [2.05, 4.69) is 10.3 Å². The number of carbonyl (C=O) groups excluding carboxylic acids is 1. The molecule has 24 heavy (non-hydrogen) atoms. The lowest BCUT2D eigenvalue weighted by molar-refractivity contribution is 0.102. The number of rotatable bonds is 4. The molecule has 3 aromatic rings. The van der Waals surface area contributed by atoms with Crippen molar-refractivity contribution in [1.82, 2.24) is 4.98 Å². The molecule has 120 valence electrons. The van der Waals surface area contributed by atoms with Crippen molar-refractivity contribution in [3.63, 3.8) is 0 Å². The van der Waals surface area contributed by atoms with Crippen LogP contribution in [0.5, 0.6) is 11.5 Å². The van der Waals surface area contributed by atoms with Crippen LogP contribution in [0, 0.1) is 0 Å². The fourth-order valence-electron chi connectivity index (χ4n) is 2.01. The highest BCUT2D eigenvalue weighted by Crippen LogP contribution is 2.32. The minimum absolute atomic E-state index is 0.310. The van der Waals surface area contributed by atoms with Gasteiger partial charge in [0.2, 0.25) is 0 Å². The van der Waals surface area contributed by atoms with Crippen LogP contribution in [0.4, 0.5) is 5.69 Å². The van der Waals surface area contributed by atoms with E-state index >= 15 is 0 Å². The lowest BCUT2D eigenvalue weighted by Gasteiger charge is -2.10. The van der Waals surface area contributed by atoms with Gasteiger partial charge in [0.25, 0.3) is 5.91 Å². The zero-order valence-corrected chi connectivity index (χ0v) is 13.9. The van der Waals surface area contributed by atoms with Gasteiger partial charge in [0, 0.05) is 16.9 Å². The second-order valence-corrected chi connectivity index (χ2v) is 5.72. The highest BCUT2D eigenvalue weighted by Gasteiger charge is 2.09. The molecule has 0 saturated carbocycles. The van der Waals surface area contributed by atoms with Gasteiger partial charge in [-0.2, -0.15) is 0 Å². The zero-order valence-electron chi connectivity index (χ0n) is 12.4. The highest BCUT2D eigenvalue weighted by molar-refractivity contribution is 6.32. The number of halogens is 2. The molecular formula is C18H12Cl2N2O2. The molecule has 3 rings (SSSR count). The molecular weight excluding hydrogens is 347 g/mol. The first kappa shape index (κ1) is 16.3. The predicted octanol–water partition coefficient (Wildman–Crippen LogP) is 5.43. The Balaban J connectivity index is 1.74. The first-order chi connectivity index (χ1) is 11.6. The molecule has 4 nitrogen and oxygen atoms in total. The van der Waals surface area contributed by atoms with E-state index in [0.717, 1.165) is 0 Å². The van der Waals surface area contributed by atoms with Crippen molar-refractivity contribution in [3.05, 3.63) is 82.6 Å². The minimum atomic E-state index is -0.310. The van der Waals surface area contributed by atoms with Gasteiger partial charge in [-0.05, 0) is 48.5 Å². The van der Waals surface area contributed by atoms with Gasteiger partial charge in [0.05, 0.1) is 5.02 Å². The summed E-state index contributed by atoms with van der Waals surface area (Å²) < 4.78 is 5.69. The van der Waals surface area contributed by atoms with Gasteiger partial charge in [0.1, 0.15) is 17.2 Å². The van der Waals surface area contributed by atoms with Gasteiger partial charge in [-0.3, -0.25) is 9.78 Å². The van der Waals surface area contributed by atoms with Gasteiger partial charge in [-0.15, -0.1) is 0 Å². The molecule has 0 aliphatic carbocycles. The monoisotopic (exact) mass is 358 g/mol. The Morgan fingerprint density at radius 2 is 1.88 bits per heavy atom. The molecule has 6 heteroatoms. The van der Waals surface area contributed by atoms with Gasteiger partial charge < -0.3 is 10.1 Å². The van der Waals surface area contributed by atoms with Crippen LogP contribution < -0.4 is 10.1 Å². The Labute approximate surface area is 149 Å². The number of nitrogens with one attached hydrogen (secondary N) is 1. The maximum Gasteiger partial charge on any atom is 0.274 e. The molecule has 0 aliphatic heterocycles. The van der Waals surface area contributed by atoms with Crippen molar-refractivity contribution in [2.75, 3.05) is 5.32 Å². The van der Waals surface area contributed by atoms with E-state index in [1.54, 1.807) is 66.9 Å². The van der Waals surface area contributed by atoms with Gasteiger partial charge in [0.15, 0.2) is 0 Å². The number of nitrogens with zero attached hydrogens (tertiary/aromatic N) is 1. The first-order valence-electron chi connectivity index (χ1n) is 7.07. The number of aromatic nitrogens is 1. The summed E-state index contributed by atoms with van der Waals surface area (Å²) in [5.74, 6) is 0.736. The highest BCUT2D eigenvalue weighted by atomic mass is 35.5. The minimum Gasteiger partial charge on any atom is -0.456 e. The molecule has 1 heterocycles. The van der Waals surface area contributed by atoms with Gasteiger partial charge in [-0.25, -0.2) is 0 Å². The predicted molar refractivity (Wildman–Crippen MR) is 95.2 cm³/mol. The second-order valence-electron chi connectivity index (χ2n) is 4.87. The number of hydrogen-bond acceptors (Lipinski definition) is 3. The summed E-state index contributed by atoms with van der Waals surface area (Å²) in [6.07, 6.45) is 1.56. The van der Waals surface area contributed by atoms with E-state index in [4.69, 9.17) is 27.9 Å². The molecule has 1 aromatic heterocycles. The summed E-state index contributed by atoms with van der Waals surface area (Å²) in [7, 11) is 0. The van der Waals surface area contributed by atoms with E-state index in [9.17, 15) is 4.79 Å². The van der Waals surface area contributed by atoms with Gasteiger partial charge in [-0.1, -0.05) is 35.3 Å². The lowest BCUT2D eigenvalue weighted by atomic mass is 10.2. The largest absolute Gasteiger partial charge is 0.456 e. The Kier molecular flexibility index (Phi) is 4.99. The van der Waals surface area contributed by atoms with Crippen LogP contribution in [-0.4, -0.2) is 10.9 Å². The molecule has 0 atom stereocenters. The van der Waals surface area contributed by atoms with E-state index < -0.39 is 0 Å². The van der Waals surface area contributed by atoms with E-state index in [-0.39, 0.29) is 5.91 Å². The molecule has 1 N–H and O–H groups in total. The third-order valence-electron chi connectivity index (χ3n) is 3.11. The molecule has 0 fully saturated rings. The molecule has 0 radical (unpaired) electrons. The average Bonchev–Trinajstić information content (AvgIpc) is 2.58. The fourth-order valence-corrected chi connectivity index (χ4v) is 2.41. The molecule has 0 aliphatic rings. The number of pyridine rings is 1. The van der Waals surface area contributed by atoms with E-state index in [0.29, 0.717) is 32.9 Å². The van der Waals surface area contributed by atoms with Crippen LogP contribution in [0.25, 0.3) is 0 Å². The van der Waals surface area contributed by atoms with Crippen LogP contribution in [0.15, 0.2) is 66.9 Å². The van der Waals surface area contributed by atoms with Crippen molar-refractivity contribution in [2.24, 2.45) is 0 Å². The second kappa shape index (κ2) is 7.34. The molecule has 0 unspecified atom stereocenters. The van der Waals surface area contributed by atoms with E-state index in [1.165, 1.54) is 0 Å². The van der Waals surface area contributed by atoms with Crippen molar-refractivity contribution < 1.29 is 9.53 Å². The Bertz CT molecular complexity index is 870. The molecule has 0 bridgehead atoms. The Morgan fingerprint density at radius 1 is 1.00 bits per heavy atom. The SMILES string of the molecule is O=C(Nc1ccc(Oc2cccc(Cl)c2)c(Cl)c1)c1ccccn1. The number of ether oxygens (including phenoxy) is 1. The van der Waals surface area contributed by atoms with Crippen molar-refractivity contribution in [2.45, 2.75) is 0 Å². The Morgan fingerprint density at radius 3 is 2.58 bits per heavy atom. The summed E-state index contributed by atoms with van der Waals surface area (Å²) in [6.45, 7) is 0. The third-order valence-corrected chi connectivity index (χ3v) is 3.64. The third kappa shape index (κ3) is 4.04. The van der Waals surface area contributed by atoms with Crippen molar-refractivity contribution in [1.29, 1.82) is 0 Å². The topological polar surface area (TPSA) is 51.2 Å². The zero-order chi connectivity index (χ0) is 16.9. The summed E-state index contributed by atoms with van der Waals surface area (Å²) in [6, 6.07) is 17.1. The smallest absolute Gasteiger partial charge is 0.274 e. The van der Waals surface area contributed by atoms with Crippen molar-refractivity contribution in [3.8, 4) is 11.5 Å². The number of carbonyl (C=O) groups is 1. The lowest BCUT2D eigenvalue weighted by Crippen LogP contribution is -2.13. The van der Waals surface area contributed by atoms with Crippen LogP contribution in [-0.2, 0) is 0 Å². The first-order valence-corrected chi connectivity index (χ1v) is 7.83. The molecule has 0 saturated heterocycles.